The van der Waals surface area contributed by atoms with Gasteiger partial charge in [-0.25, -0.2) is 4.39 Å². The van der Waals surface area contributed by atoms with Crippen molar-refractivity contribution in [3.63, 3.8) is 0 Å². The van der Waals surface area contributed by atoms with E-state index >= 15 is 0 Å². The minimum Gasteiger partial charge on any atom is -0.327 e. The van der Waals surface area contributed by atoms with E-state index in [2.05, 4.69) is 5.32 Å². The van der Waals surface area contributed by atoms with Crippen molar-refractivity contribution in [3.05, 3.63) is 65.5 Å². The fraction of sp³-hybridized carbons (Fsp3) is 0.263. The summed E-state index contributed by atoms with van der Waals surface area (Å²) in [5.41, 5.74) is 2.08. The summed E-state index contributed by atoms with van der Waals surface area (Å²) in [6.45, 7) is 2.48. The molecular weight excluding hydrogens is 307 g/mol. The maximum atomic E-state index is 13.3. The smallest absolute Gasteiger partial charge is 0.254 e. The Morgan fingerprint density at radius 1 is 1.17 bits per heavy atom. The molecule has 1 heterocycles. The molecule has 1 saturated heterocycles. The number of aryl methyl sites for hydroxylation is 1. The summed E-state index contributed by atoms with van der Waals surface area (Å²) in [5.74, 6) is -0.974. The maximum absolute atomic E-state index is 13.3. The van der Waals surface area contributed by atoms with Crippen molar-refractivity contribution in [3.8, 4) is 0 Å². The number of nitrogens with one attached hydrogen (secondary N) is 1. The van der Waals surface area contributed by atoms with Gasteiger partial charge in [-0.1, -0.05) is 23.8 Å². The Morgan fingerprint density at radius 3 is 2.62 bits per heavy atom. The zero-order valence-corrected chi connectivity index (χ0v) is 13.5. The summed E-state index contributed by atoms with van der Waals surface area (Å²) >= 11 is 0. The van der Waals surface area contributed by atoms with Gasteiger partial charge >= 0.3 is 0 Å². The number of carbonyl (C=O) groups is 2. The van der Waals surface area contributed by atoms with Crippen LogP contribution in [0.1, 0.15) is 28.8 Å². The van der Waals surface area contributed by atoms with Crippen LogP contribution in [-0.2, 0) is 4.79 Å². The van der Waals surface area contributed by atoms with E-state index < -0.39 is 11.9 Å². The Balaban J connectivity index is 1.73. The molecule has 1 N–H and O–H groups in total. The van der Waals surface area contributed by atoms with Crippen molar-refractivity contribution < 1.29 is 14.0 Å². The molecule has 1 aliphatic rings. The molecule has 4 nitrogen and oxygen atoms in total. The van der Waals surface area contributed by atoms with Crippen LogP contribution in [0.25, 0.3) is 0 Å². The molecule has 0 saturated carbocycles. The summed E-state index contributed by atoms with van der Waals surface area (Å²) < 4.78 is 13.3. The quantitative estimate of drug-likeness (QED) is 0.940. The Labute approximate surface area is 140 Å². The van der Waals surface area contributed by atoms with Gasteiger partial charge in [0.1, 0.15) is 11.9 Å². The van der Waals surface area contributed by atoms with Gasteiger partial charge in [0.25, 0.3) is 5.91 Å². The van der Waals surface area contributed by atoms with Crippen LogP contribution in [-0.4, -0.2) is 29.3 Å². The van der Waals surface area contributed by atoms with E-state index in [1.165, 1.54) is 23.1 Å². The second-order valence-corrected chi connectivity index (χ2v) is 6.02. The molecule has 5 heteroatoms. The number of hydrogen-bond acceptors (Lipinski definition) is 2. The summed E-state index contributed by atoms with van der Waals surface area (Å²) in [4.78, 5) is 26.7. The van der Waals surface area contributed by atoms with E-state index in [0.29, 0.717) is 18.7 Å². The number of rotatable bonds is 3. The number of amides is 2. The van der Waals surface area contributed by atoms with E-state index in [9.17, 15) is 14.0 Å². The van der Waals surface area contributed by atoms with Gasteiger partial charge < -0.3 is 10.2 Å². The zero-order valence-electron chi connectivity index (χ0n) is 13.5. The van der Waals surface area contributed by atoms with Gasteiger partial charge in [0.05, 0.1) is 0 Å². The van der Waals surface area contributed by atoms with Gasteiger partial charge in [0.2, 0.25) is 5.91 Å². The highest BCUT2D eigenvalue weighted by molar-refractivity contribution is 6.01. The molecule has 124 valence electrons. The number of halogens is 1. The molecule has 3 rings (SSSR count). The fourth-order valence-corrected chi connectivity index (χ4v) is 2.93. The van der Waals surface area contributed by atoms with Crippen LogP contribution in [0.5, 0.6) is 0 Å². The summed E-state index contributed by atoms with van der Waals surface area (Å²) in [6, 6.07) is 12.5. The largest absolute Gasteiger partial charge is 0.327 e. The first-order valence-corrected chi connectivity index (χ1v) is 7.98. The van der Waals surface area contributed by atoms with Gasteiger partial charge in [0, 0.05) is 17.8 Å². The van der Waals surface area contributed by atoms with E-state index in [1.54, 1.807) is 6.07 Å². The first-order valence-electron chi connectivity index (χ1n) is 7.98. The van der Waals surface area contributed by atoms with Crippen molar-refractivity contribution >= 4 is 17.5 Å². The lowest BCUT2D eigenvalue weighted by atomic mass is 10.1. The first kappa shape index (κ1) is 16.2. The first-order chi connectivity index (χ1) is 11.5. The van der Waals surface area contributed by atoms with E-state index in [-0.39, 0.29) is 17.4 Å². The minimum absolute atomic E-state index is 0.207. The van der Waals surface area contributed by atoms with Crippen LogP contribution in [0.15, 0.2) is 48.5 Å². The molecule has 1 fully saturated rings. The molecule has 1 aliphatic heterocycles. The molecule has 0 spiro atoms. The molecule has 2 aromatic carbocycles. The number of benzene rings is 2. The highest BCUT2D eigenvalue weighted by Gasteiger charge is 2.34. The highest BCUT2D eigenvalue weighted by atomic mass is 19.1. The Hall–Kier alpha value is -2.69. The fourth-order valence-electron chi connectivity index (χ4n) is 2.93. The molecule has 0 bridgehead atoms. The topological polar surface area (TPSA) is 49.4 Å². The zero-order chi connectivity index (χ0) is 17.1. The second-order valence-electron chi connectivity index (χ2n) is 6.02. The van der Waals surface area contributed by atoms with Crippen LogP contribution < -0.4 is 5.32 Å². The summed E-state index contributed by atoms with van der Waals surface area (Å²) in [5, 5.41) is 2.85. The normalized spacial score (nSPS) is 16.9. The van der Waals surface area contributed by atoms with Crippen LogP contribution in [0.2, 0.25) is 0 Å². The number of likely N-dealkylation sites (tertiary alicyclic amines) is 1. The molecule has 0 aliphatic carbocycles. The van der Waals surface area contributed by atoms with Gasteiger partial charge in [-0.3, -0.25) is 9.59 Å². The molecule has 0 unspecified atom stereocenters. The number of hydrogen-bond donors (Lipinski definition) is 1. The molecule has 0 radical (unpaired) electrons. The second kappa shape index (κ2) is 6.83. The van der Waals surface area contributed by atoms with Gasteiger partial charge in [-0.2, -0.15) is 0 Å². The minimum atomic E-state index is -0.526. The van der Waals surface area contributed by atoms with Crippen molar-refractivity contribution in [2.75, 3.05) is 11.9 Å². The van der Waals surface area contributed by atoms with Crippen molar-refractivity contribution in [2.24, 2.45) is 0 Å². The van der Waals surface area contributed by atoms with Gasteiger partial charge in [-0.05, 0) is 50.1 Å². The number of nitrogens with zero attached hydrogens (tertiary/aromatic N) is 1. The molecule has 1 atom stereocenters. The Bertz CT molecular complexity index is 758. The molecule has 0 aromatic heterocycles. The third-order valence-corrected chi connectivity index (χ3v) is 4.21. The van der Waals surface area contributed by atoms with Crippen LogP contribution in [0.4, 0.5) is 10.1 Å². The molecule has 2 amide bonds. The molecular formula is C19H19FN2O2. The van der Waals surface area contributed by atoms with E-state index in [4.69, 9.17) is 0 Å². The van der Waals surface area contributed by atoms with E-state index in [1.807, 2.05) is 31.2 Å². The third kappa shape index (κ3) is 3.45. The van der Waals surface area contributed by atoms with E-state index in [0.717, 1.165) is 12.0 Å². The lowest BCUT2D eigenvalue weighted by Gasteiger charge is -2.24. The average molecular weight is 326 g/mol. The number of carbonyl (C=O) groups excluding carboxylic acids is 2. The predicted molar refractivity (Wildman–Crippen MR) is 90.3 cm³/mol. The van der Waals surface area contributed by atoms with Gasteiger partial charge in [-0.15, -0.1) is 0 Å². The Kier molecular flexibility index (Phi) is 4.60. The highest BCUT2D eigenvalue weighted by Crippen LogP contribution is 2.22. The SMILES string of the molecule is Cc1ccc(NC(=O)[C@H]2CCCN2C(=O)c2cccc(F)c2)cc1. The monoisotopic (exact) mass is 326 g/mol. The molecule has 24 heavy (non-hydrogen) atoms. The summed E-state index contributed by atoms with van der Waals surface area (Å²) in [7, 11) is 0. The standard InChI is InChI=1S/C19H19FN2O2/c1-13-7-9-16(10-8-13)21-18(23)17-6-3-11-22(17)19(24)14-4-2-5-15(20)12-14/h2,4-5,7-10,12,17H,3,6,11H2,1H3,(H,21,23)/t17-/m1/s1. The lowest BCUT2D eigenvalue weighted by Crippen LogP contribution is -2.43. The maximum Gasteiger partial charge on any atom is 0.254 e. The Morgan fingerprint density at radius 2 is 1.92 bits per heavy atom. The van der Waals surface area contributed by atoms with Crippen molar-refractivity contribution in [1.29, 1.82) is 0 Å². The number of anilines is 1. The van der Waals surface area contributed by atoms with Crippen LogP contribution in [0, 0.1) is 12.7 Å². The van der Waals surface area contributed by atoms with Crippen molar-refractivity contribution in [1.82, 2.24) is 4.90 Å². The lowest BCUT2D eigenvalue weighted by molar-refractivity contribution is -0.119. The van der Waals surface area contributed by atoms with Crippen molar-refractivity contribution in [2.45, 2.75) is 25.8 Å². The van der Waals surface area contributed by atoms with Crippen LogP contribution >= 0.6 is 0 Å². The predicted octanol–water partition coefficient (Wildman–Crippen LogP) is 3.38. The third-order valence-electron chi connectivity index (χ3n) is 4.21. The molecule has 2 aromatic rings. The van der Waals surface area contributed by atoms with Crippen LogP contribution in [0.3, 0.4) is 0 Å². The average Bonchev–Trinajstić information content (AvgIpc) is 3.06. The van der Waals surface area contributed by atoms with Gasteiger partial charge in [0.15, 0.2) is 0 Å². The summed E-state index contributed by atoms with van der Waals surface area (Å²) in [6.07, 6.45) is 1.37.